The third-order valence-electron chi connectivity index (χ3n) is 3.47. The van der Waals surface area contributed by atoms with Crippen LogP contribution in [0, 0.1) is 11.3 Å². The van der Waals surface area contributed by atoms with Crippen molar-refractivity contribution in [3.63, 3.8) is 0 Å². The third-order valence-corrected chi connectivity index (χ3v) is 3.47. The van der Waals surface area contributed by atoms with Gasteiger partial charge in [0.15, 0.2) is 0 Å². The van der Waals surface area contributed by atoms with Crippen LogP contribution in [-0.2, 0) is 0 Å². The molecule has 1 saturated carbocycles. The molecule has 0 amide bonds. The van der Waals surface area contributed by atoms with Crippen molar-refractivity contribution in [3.8, 4) is 0 Å². The van der Waals surface area contributed by atoms with Crippen LogP contribution in [0.3, 0.4) is 0 Å². The molecule has 0 saturated heterocycles. The zero-order valence-corrected chi connectivity index (χ0v) is 10.1. The molecule has 0 heterocycles. The van der Waals surface area contributed by atoms with Gasteiger partial charge in [-0.05, 0) is 30.6 Å². The summed E-state index contributed by atoms with van der Waals surface area (Å²) in [7, 11) is 0. The highest BCUT2D eigenvalue weighted by atomic mass is 14.9. The lowest BCUT2D eigenvalue weighted by Crippen LogP contribution is -2.41. The molecule has 0 spiro atoms. The lowest BCUT2D eigenvalue weighted by Gasteiger charge is -2.21. The van der Waals surface area contributed by atoms with E-state index in [4.69, 9.17) is 5.73 Å². The van der Waals surface area contributed by atoms with Gasteiger partial charge in [-0.1, -0.05) is 27.7 Å². The van der Waals surface area contributed by atoms with Gasteiger partial charge in [-0.15, -0.1) is 0 Å². The molecule has 3 N–H and O–H groups in total. The van der Waals surface area contributed by atoms with E-state index in [0.29, 0.717) is 23.4 Å². The Morgan fingerprint density at radius 1 is 1.43 bits per heavy atom. The van der Waals surface area contributed by atoms with Gasteiger partial charge in [0, 0.05) is 18.6 Å². The van der Waals surface area contributed by atoms with E-state index in [1.165, 1.54) is 19.3 Å². The zero-order chi connectivity index (χ0) is 10.8. The molecule has 1 aliphatic carbocycles. The monoisotopic (exact) mass is 198 g/mol. The molecule has 1 aliphatic rings. The van der Waals surface area contributed by atoms with Gasteiger partial charge >= 0.3 is 0 Å². The van der Waals surface area contributed by atoms with Gasteiger partial charge in [-0.2, -0.15) is 0 Å². The molecule has 0 aromatic rings. The fraction of sp³-hybridized carbons (Fsp3) is 1.00. The Bertz CT molecular complexity index is 175. The summed E-state index contributed by atoms with van der Waals surface area (Å²) in [6, 6.07) is 1.01. The summed E-state index contributed by atoms with van der Waals surface area (Å²) in [5, 5.41) is 3.59. The van der Waals surface area contributed by atoms with Crippen LogP contribution in [0.1, 0.15) is 47.0 Å². The number of hydrogen-bond donors (Lipinski definition) is 2. The normalized spacial score (nSPS) is 28.3. The van der Waals surface area contributed by atoms with Crippen LogP contribution in [0.2, 0.25) is 0 Å². The van der Waals surface area contributed by atoms with Gasteiger partial charge in [0.2, 0.25) is 0 Å². The van der Waals surface area contributed by atoms with E-state index < -0.39 is 0 Å². The first-order valence-electron chi connectivity index (χ1n) is 5.90. The van der Waals surface area contributed by atoms with Gasteiger partial charge in [0.05, 0.1) is 0 Å². The topological polar surface area (TPSA) is 38.0 Å². The first kappa shape index (κ1) is 12.0. The lowest BCUT2D eigenvalue weighted by molar-refractivity contribution is 0.356. The Morgan fingerprint density at radius 2 is 2.07 bits per heavy atom. The second-order valence-electron chi connectivity index (χ2n) is 5.92. The fourth-order valence-electron chi connectivity index (χ4n) is 2.15. The van der Waals surface area contributed by atoms with Gasteiger partial charge in [-0.25, -0.2) is 0 Å². The number of hydrogen-bond acceptors (Lipinski definition) is 2. The average molecular weight is 198 g/mol. The standard InChI is InChI=1S/C12H26N2/c1-9(2)11(13)8-14-10-5-6-12(3,4)7-10/h9-11,14H,5-8,13H2,1-4H3. The molecule has 0 aromatic heterocycles. The van der Waals surface area contributed by atoms with E-state index in [2.05, 4.69) is 33.0 Å². The summed E-state index contributed by atoms with van der Waals surface area (Å²) in [5.74, 6) is 0.580. The summed E-state index contributed by atoms with van der Waals surface area (Å²) < 4.78 is 0. The predicted molar refractivity (Wildman–Crippen MR) is 62.2 cm³/mol. The first-order chi connectivity index (χ1) is 6.41. The molecular formula is C12H26N2. The van der Waals surface area contributed by atoms with Crippen LogP contribution in [0.4, 0.5) is 0 Å². The molecule has 2 nitrogen and oxygen atoms in total. The fourth-order valence-corrected chi connectivity index (χ4v) is 2.15. The highest BCUT2D eigenvalue weighted by Gasteiger charge is 2.30. The van der Waals surface area contributed by atoms with Crippen LogP contribution in [0.15, 0.2) is 0 Å². The van der Waals surface area contributed by atoms with Gasteiger partial charge in [-0.3, -0.25) is 0 Å². The van der Waals surface area contributed by atoms with Crippen molar-refractivity contribution >= 4 is 0 Å². The molecule has 0 aromatic carbocycles. The van der Waals surface area contributed by atoms with Crippen LogP contribution in [-0.4, -0.2) is 18.6 Å². The van der Waals surface area contributed by atoms with Crippen LogP contribution < -0.4 is 11.1 Å². The molecule has 0 bridgehead atoms. The summed E-state index contributed by atoms with van der Waals surface area (Å²) in [5.41, 5.74) is 6.54. The minimum Gasteiger partial charge on any atom is -0.326 e. The molecule has 0 aliphatic heterocycles. The summed E-state index contributed by atoms with van der Waals surface area (Å²) >= 11 is 0. The lowest BCUT2D eigenvalue weighted by atomic mass is 9.92. The molecule has 1 fully saturated rings. The quantitative estimate of drug-likeness (QED) is 0.726. The minimum atomic E-state index is 0.304. The largest absolute Gasteiger partial charge is 0.326 e. The minimum absolute atomic E-state index is 0.304. The third kappa shape index (κ3) is 3.58. The Hall–Kier alpha value is -0.0800. The Balaban J connectivity index is 2.21. The van der Waals surface area contributed by atoms with E-state index in [9.17, 15) is 0 Å². The van der Waals surface area contributed by atoms with Crippen molar-refractivity contribution in [3.05, 3.63) is 0 Å². The smallest absolute Gasteiger partial charge is 0.0188 e. The van der Waals surface area contributed by atoms with Crippen molar-refractivity contribution in [2.24, 2.45) is 17.1 Å². The Kier molecular flexibility index (Phi) is 3.96. The van der Waals surface area contributed by atoms with E-state index in [0.717, 1.165) is 6.54 Å². The summed E-state index contributed by atoms with van der Waals surface area (Å²) in [6.45, 7) is 10.1. The molecule has 1 rings (SSSR count). The molecule has 0 radical (unpaired) electrons. The SMILES string of the molecule is CC(C)C(N)CNC1CCC(C)(C)C1. The molecule has 84 valence electrons. The maximum absolute atomic E-state index is 6.00. The highest BCUT2D eigenvalue weighted by molar-refractivity contribution is 4.87. The maximum atomic E-state index is 6.00. The second kappa shape index (κ2) is 4.63. The van der Waals surface area contributed by atoms with Crippen LogP contribution in [0.5, 0.6) is 0 Å². The van der Waals surface area contributed by atoms with E-state index in [1.807, 2.05) is 0 Å². The van der Waals surface area contributed by atoms with Crippen molar-refractivity contribution in [2.45, 2.75) is 59.0 Å². The molecule has 2 atom stereocenters. The van der Waals surface area contributed by atoms with E-state index >= 15 is 0 Å². The predicted octanol–water partition coefficient (Wildman–Crippen LogP) is 2.14. The van der Waals surface area contributed by atoms with Crippen LogP contribution >= 0.6 is 0 Å². The number of rotatable bonds is 4. The van der Waals surface area contributed by atoms with Crippen molar-refractivity contribution in [1.29, 1.82) is 0 Å². The molecule has 14 heavy (non-hydrogen) atoms. The maximum Gasteiger partial charge on any atom is 0.0188 e. The van der Waals surface area contributed by atoms with Crippen molar-refractivity contribution in [1.82, 2.24) is 5.32 Å². The Morgan fingerprint density at radius 3 is 2.50 bits per heavy atom. The first-order valence-corrected chi connectivity index (χ1v) is 5.90. The Labute approximate surface area is 88.6 Å². The van der Waals surface area contributed by atoms with Gasteiger partial charge in [0.1, 0.15) is 0 Å². The zero-order valence-electron chi connectivity index (χ0n) is 10.1. The van der Waals surface area contributed by atoms with Gasteiger partial charge < -0.3 is 11.1 Å². The van der Waals surface area contributed by atoms with E-state index in [-0.39, 0.29) is 0 Å². The average Bonchev–Trinajstić information content (AvgIpc) is 2.41. The van der Waals surface area contributed by atoms with Crippen molar-refractivity contribution in [2.75, 3.05) is 6.54 Å². The van der Waals surface area contributed by atoms with Crippen LogP contribution in [0.25, 0.3) is 0 Å². The summed E-state index contributed by atoms with van der Waals surface area (Å²) in [4.78, 5) is 0. The highest BCUT2D eigenvalue weighted by Crippen LogP contribution is 2.36. The summed E-state index contributed by atoms with van der Waals surface area (Å²) in [6.07, 6.45) is 3.97. The molecular weight excluding hydrogens is 172 g/mol. The molecule has 2 heteroatoms. The number of nitrogens with one attached hydrogen (secondary N) is 1. The van der Waals surface area contributed by atoms with Crippen molar-refractivity contribution < 1.29 is 0 Å². The van der Waals surface area contributed by atoms with Gasteiger partial charge in [0.25, 0.3) is 0 Å². The number of nitrogens with two attached hydrogens (primary N) is 1. The van der Waals surface area contributed by atoms with E-state index in [1.54, 1.807) is 0 Å². The second-order valence-corrected chi connectivity index (χ2v) is 5.92. The molecule has 2 unspecified atom stereocenters.